The molecule has 0 amide bonds. The van der Waals surface area contributed by atoms with Crippen molar-refractivity contribution in [2.75, 3.05) is 19.7 Å². The highest BCUT2D eigenvalue weighted by atomic mass is 32.2. The summed E-state index contributed by atoms with van der Waals surface area (Å²) in [6.45, 7) is 4.35. The van der Waals surface area contributed by atoms with Gasteiger partial charge in [0.15, 0.2) is 5.69 Å². The standard InChI is InChI=1S/C19H22F3N3O4S/c1-3-28-16-7-6-15(11-13(16)2)30(26,27)25-10-4-5-14(12-25)29-18-23-9-8-17(24-18)19(20,21)22/h6-9,11,14H,3-5,10,12H2,1-2H3. The fourth-order valence-electron chi connectivity index (χ4n) is 3.17. The zero-order valence-corrected chi connectivity index (χ0v) is 17.3. The van der Waals surface area contributed by atoms with Gasteiger partial charge >= 0.3 is 12.2 Å². The SMILES string of the molecule is CCOc1ccc(S(=O)(=O)N2CCCC(Oc3nccc(C(F)(F)F)n3)C2)cc1C. The summed E-state index contributed by atoms with van der Waals surface area (Å²) < 4.78 is 76.7. The van der Waals surface area contributed by atoms with Crippen LogP contribution in [0, 0.1) is 6.92 Å². The largest absolute Gasteiger partial charge is 0.494 e. The van der Waals surface area contributed by atoms with Gasteiger partial charge in [-0.15, -0.1) is 0 Å². The molecule has 164 valence electrons. The zero-order valence-electron chi connectivity index (χ0n) is 16.5. The first-order chi connectivity index (χ1) is 14.1. The van der Waals surface area contributed by atoms with E-state index in [0.29, 0.717) is 30.8 Å². The number of piperidine rings is 1. The topological polar surface area (TPSA) is 81.6 Å². The highest BCUT2D eigenvalue weighted by molar-refractivity contribution is 7.89. The molecule has 0 bridgehead atoms. The van der Waals surface area contributed by atoms with Crippen molar-refractivity contribution in [3.05, 3.63) is 41.7 Å². The molecule has 2 aromatic rings. The van der Waals surface area contributed by atoms with Crippen LogP contribution in [0.5, 0.6) is 11.8 Å². The summed E-state index contributed by atoms with van der Waals surface area (Å²) in [5.74, 6) is 0.609. The van der Waals surface area contributed by atoms with Crippen molar-refractivity contribution < 1.29 is 31.1 Å². The predicted octanol–water partition coefficient (Wildman–Crippen LogP) is 3.43. The minimum absolute atomic E-state index is 0.00576. The van der Waals surface area contributed by atoms with Crippen LogP contribution in [0.25, 0.3) is 0 Å². The van der Waals surface area contributed by atoms with Crippen LogP contribution in [0.15, 0.2) is 35.4 Å². The average Bonchev–Trinajstić information content (AvgIpc) is 2.69. The lowest BCUT2D eigenvalue weighted by atomic mass is 10.1. The number of ether oxygens (including phenoxy) is 2. The summed E-state index contributed by atoms with van der Waals surface area (Å²) >= 11 is 0. The first-order valence-electron chi connectivity index (χ1n) is 9.41. The molecule has 0 aliphatic carbocycles. The maximum Gasteiger partial charge on any atom is 0.433 e. The Kier molecular flexibility index (Phi) is 6.51. The molecule has 1 aliphatic rings. The van der Waals surface area contributed by atoms with E-state index in [2.05, 4.69) is 9.97 Å². The van der Waals surface area contributed by atoms with Gasteiger partial charge in [-0.1, -0.05) is 0 Å². The molecule has 1 fully saturated rings. The van der Waals surface area contributed by atoms with Gasteiger partial charge in [0.25, 0.3) is 0 Å². The molecule has 3 rings (SSSR count). The van der Waals surface area contributed by atoms with E-state index < -0.39 is 34.0 Å². The molecule has 11 heteroatoms. The lowest BCUT2D eigenvalue weighted by molar-refractivity contribution is -0.141. The van der Waals surface area contributed by atoms with Gasteiger partial charge in [0, 0.05) is 12.7 Å². The maximum absolute atomic E-state index is 13.0. The van der Waals surface area contributed by atoms with Crippen LogP contribution in [0.4, 0.5) is 13.2 Å². The van der Waals surface area contributed by atoms with Crippen molar-refractivity contribution >= 4 is 10.0 Å². The Bertz CT molecular complexity index is 999. The summed E-state index contributed by atoms with van der Waals surface area (Å²) in [4.78, 5) is 7.22. The van der Waals surface area contributed by atoms with Crippen LogP contribution in [0.1, 0.15) is 31.0 Å². The molecule has 0 radical (unpaired) electrons. The molecule has 0 spiro atoms. The number of hydrogen-bond donors (Lipinski definition) is 0. The Balaban J connectivity index is 1.75. The number of aryl methyl sites for hydroxylation is 1. The molecule has 2 heterocycles. The van der Waals surface area contributed by atoms with Gasteiger partial charge in [-0.05, 0) is 56.5 Å². The highest BCUT2D eigenvalue weighted by Crippen LogP contribution is 2.29. The van der Waals surface area contributed by atoms with Crippen LogP contribution < -0.4 is 9.47 Å². The third kappa shape index (κ3) is 5.01. The van der Waals surface area contributed by atoms with E-state index in [9.17, 15) is 21.6 Å². The Morgan fingerprint density at radius 2 is 2.03 bits per heavy atom. The maximum atomic E-state index is 13.0. The molecule has 1 unspecified atom stereocenters. The number of rotatable bonds is 6. The molecule has 1 aliphatic heterocycles. The fraction of sp³-hybridized carbons (Fsp3) is 0.474. The van der Waals surface area contributed by atoms with E-state index in [1.54, 1.807) is 19.1 Å². The van der Waals surface area contributed by atoms with Gasteiger partial charge in [-0.25, -0.2) is 13.4 Å². The van der Waals surface area contributed by atoms with Gasteiger partial charge in [0.2, 0.25) is 10.0 Å². The average molecular weight is 445 g/mol. The van der Waals surface area contributed by atoms with Crippen molar-refractivity contribution in [2.24, 2.45) is 0 Å². The van der Waals surface area contributed by atoms with Gasteiger partial charge in [0.1, 0.15) is 11.9 Å². The normalized spacial score (nSPS) is 18.2. The Labute approximate surface area is 172 Å². The summed E-state index contributed by atoms with van der Waals surface area (Å²) in [6, 6.07) is 4.96. The fourth-order valence-corrected chi connectivity index (χ4v) is 4.77. The summed E-state index contributed by atoms with van der Waals surface area (Å²) in [7, 11) is -3.80. The second-order valence-corrected chi connectivity index (χ2v) is 8.77. The Morgan fingerprint density at radius 1 is 1.27 bits per heavy atom. The van der Waals surface area contributed by atoms with Gasteiger partial charge in [-0.2, -0.15) is 22.5 Å². The number of alkyl halides is 3. The first kappa shape index (κ1) is 22.3. The number of halogens is 3. The van der Waals surface area contributed by atoms with Crippen molar-refractivity contribution in [1.82, 2.24) is 14.3 Å². The molecule has 0 saturated carbocycles. The molecule has 1 aromatic heterocycles. The molecule has 7 nitrogen and oxygen atoms in total. The van der Waals surface area contributed by atoms with Crippen molar-refractivity contribution in [3.8, 4) is 11.8 Å². The molecular weight excluding hydrogens is 423 g/mol. The quantitative estimate of drug-likeness (QED) is 0.678. The van der Waals surface area contributed by atoms with Crippen LogP contribution in [0.3, 0.4) is 0 Å². The van der Waals surface area contributed by atoms with Crippen LogP contribution in [0.2, 0.25) is 0 Å². The Hall–Kier alpha value is -2.40. The minimum Gasteiger partial charge on any atom is -0.494 e. The van der Waals surface area contributed by atoms with E-state index >= 15 is 0 Å². The number of sulfonamides is 1. The van der Waals surface area contributed by atoms with Crippen molar-refractivity contribution in [3.63, 3.8) is 0 Å². The predicted molar refractivity (Wildman–Crippen MR) is 102 cm³/mol. The number of nitrogens with zero attached hydrogens (tertiary/aromatic N) is 3. The molecule has 0 N–H and O–H groups in total. The summed E-state index contributed by atoms with van der Waals surface area (Å²) in [5.41, 5.74) is -0.419. The third-order valence-electron chi connectivity index (χ3n) is 4.62. The summed E-state index contributed by atoms with van der Waals surface area (Å²) in [6.07, 6.45) is -3.33. The zero-order chi connectivity index (χ0) is 21.9. The molecule has 1 aromatic carbocycles. The van der Waals surface area contributed by atoms with Gasteiger partial charge in [-0.3, -0.25) is 0 Å². The number of aromatic nitrogens is 2. The molecular formula is C19H22F3N3O4S. The van der Waals surface area contributed by atoms with E-state index in [-0.39, 0.29) is 18.0 Å². The van der Waals surface area contributed by atoms with Crippen LogP contribution in [-0.2, 0) is 16.2 Å². The van der Waals surface area contributed by atoms with E-state index in [4.69, 9.17) is 9.47 Å². The smallest absolute Gasteiger partial charge is 0.433 e. The monoisotopic (exact) mass is 445 g/mol. The summed E-state index contributed by atoms with van der Waals surface area (Å²) in [5, 5.41) is 0. The lowest BCUT2D eigenvalue weighted by Gasteiger charge is -2.31. The van der Waals surface area contributed by atoms with Crippen LogP contribution >= 0.6 is 0 Å². The van der Waals surface area contributed by atoms with E-state index in [1.807, 2.05) is 6.92 Å². The van der Waals surface area contributed by atoms with E-state index in [0.717, 1.165) is 12.3 Å². The molecule has 30 heavy (non-hydrogen) atoms. The van der Waals surface area contributed by atoms with Crippen molar-refractivity contribution in [2.45, 2.75) is 43.9 Å². The first-order valence-corrected chi connectivity index (χ1v) is 10.9. The lowest BCUT2D eigenvalue weighted by Crippen LogP contribution is -2.44. The number of hydrogen-bond acceptors (Lipinski definition) is 6. The molecule has 1 atom stereocenters. The molecule has 1 saturated heterocycles. The number of benzene rings is 1. The van der Waals surface area contributed by atoms with Gasteiger partial charge < -0.3 is 9.47 Å². The second-order valence-electron chi connectivity index (χ2n) is 6.83. The van der Waals surface area contributed by atoms with Gasteiger partial charge in [0.05, 0.1) is 18.0 Å². The highest BCUT2D eigenvalue weighted by Gasteiger charge is 2.34. The van der Waals surface area contributed by atoms with E-state index in [1.165, 1.54) is 10.4 Å². The Morgan fingerprint density at radius 3 is 2.70 bits per heavy atom. The van der Waals surface area contributed by atoms with Crippen molar-refractivity contribution in [1.29, 1.82) is 0 Å². The minimum atomic E-state index is -4.62. The van der Waals surface area contributed by atoms with Crippen LogP contribution in [-0.4, -0.2) is 48.5 Å². The second kappa shape index (κ2) is 8.76. The third-order valence-corrected chi connectivity index (χ3v) is 6.48.